The lowest BCUT2D eigenvalue weighted by atomic mass is 10.1. The van der Waals surface area contributed by atoms with Crippen molar-refractivity contribution in [1.82, 2.24) is 15.0 Å². The van der Waals surface area contributed by atoms with E-state index in [1.165, 1.54) is 14.2 Å². The largest absolute Gasteiger partial charge is 0.400 e. The van der Waals surface area contributed by atoms with Gasteiger partial charge >= 0.3 is 6.18 Å². The second-order valence-corrected chi connectivity index (χ2v) is 4.38. The lowest BCUT2D eigenvalue weighted by Gasteiger charge is -2.21. The van der Waals surface area contributed by atoms with Crippen LogP contribution in [0.5, 0.6) is 0 Å². The van der Waals surface area contributed by atoms with Crippen LogP contribution in [-0.4, -0.2) is 41.3 Å². The highest BCUT2D eigenvalue weighted by molar-refractivity contribution is 5.78. The first kappa shape index (κ1) is 16.4. The van der Waals surface area contributed by atoms with Crippen molar-refractivity contribution in [3.63, 3.8) is 0 Å². The zero-order valence-corrected chi connectivity index (χ0v) is 11.6. The predicted molar refractivity (Wildman–Crippen MR) is 61.4 cm³/mol. The van der Waals surface area contributed by atoms with E-state index in [0.29, 0.717) is 0 Å². The van der Waals surface area contributed by atoms with E-state index in [9.17, 15) is 18.0 Å². The number of carbonyl (C=O) groups is 1. The maximum atomic E-state index is 12.4. The standard InChI is InChI=1S/C11H16F3N3O3/c1-6(11(12,13)14)10(18)17(3)5-8-15-9(16-20-8)7(2)19-4/h6-7H,5H2,1-4H3. The number of alkyl halides is 3. The molecule has 2 atom stereocenters. The Kier molecular flexibility index (Phi) is 5.09. The monoisotopic (exact) mass is 295 g/mol. The number of amides is 1. The second-order valence-electron chi connectivity index (χ2n) is 4.38. The quantitative estimate of drug-likeness (QED) is 0.830. The van der Waals surface area contributed by atoms with Crippen LogP contribution in [0.1, 0.15) is 31.7 Å². The van der Waals surface area contributed by atoms with Crippen molar-refractivity contribution >= 4 is 5.91 Å². The lowest BCUT2D eigenvalue weighted by molar-refractivity contribution is -0.185. The van der Waals surface area contributed by atoms with Gasteiger partial charge in [-0.2, -0.15) is 18.2 Å². The number of halogens is 3. The van der Waals surface area contributed by atoms with Crippen molar-refractivity contribution in [3.05, 3.63) is 11.7 Å². The fourth-order valence-corrected chi connectivity index (χ4v) is 1.35. The Morgan fingerprint density at radius 1 is 1.45 bits per heavy atom. The van der Waals surface area contributed by atoms with Gasteiger partial charge in [-0.05, 0) is 13.8 Å². The highest BCUT2D eigenvalue weighted by Gasteiger charge is 2.42. The molecule has 0 N–H and O–H groups in total. The molecule has 1 heterocycles. The van der Waals surface area contributed by atoms with E-state index in [4.69, 9.17) is 9.26 Å². The van der Waals surface area contributed by atoms with Gasteiger partial charge in [0.05, 0.1) is 6.54 Å². The van der Waals surface area contributed by atoms with Crippen molar-refractivity contribution in [3.8, 4) is 0 Å². The van der Waals surface area contributed by atoms with Gasteiger partial charge in [-0.25, -0.2) is 0 Å². The summed E-state index contributed by atoms with van der Waals surface area (Å²) in [6.07, 6.45) is -4.97. The summed E-state index contributed by atoms with van der Waals surface area (Å²) >= 11 is 0. The Morgan fingerprint density at radius 3 is 2.55 bits per heavy atom. The highest BCUT2D eigenvalue weighted by atomic mass is 19.4. The maximum Gasteiger partial charge on any atom is 0.400 e. The first-order valence-electron chi connectivity index (χ1n) is 5.83. The molecular weight excluding hydrogens is 279 g/mol. The predicted octanol–water partition coefficient (Wildman–Crippen LogP) is 1.93. The second kappa shape index (κ2) is 6.21. The zero-order valence-electron chi connectivity index (χ0n) is 11.6. The van der Waals surface area contributed by atoms with Crippen LogP contribution in [0.4, 0.5) is 13.2 Å². The van der Waals surface area contributed by atoms with Crippen LogP contribution in [0, 0.1) is 5.92 Å². The van der Waals surface area contributed by atoms with Crippen LogP contribution in [0.25, 0.3) is 0 Å². The Bertz CT molecular complexity index is 461. The third kappa shape index (κ3) is 3.92. The molecule has 1 aromatic rings. The van der Waals surface area contributed by atoms with E-state index < -0.39 is 24.1 Å². The minimum Gasteiger partial charge on any atom is -0.374 e. The molecule has 0 aromatic carbocycles. The SMILES string of the molecule is COC(C)c1noc(CN(C)C(=O)C(C)C(F)(F)F)n1. The first-order valence-corrected chi connectivity index (χ1v) is 5.83. The van der Waals surface area contributed by atoms with E-state index in [1.54, 1.807) is 6.92 Å². The van der Waals surface area contributed by atoms with Gasteiger partial charge in [-0.3, -0.25) is 4.79 Å². The number of rotatable bonds is 5. The van der Waals surface area contributed by atoms with Crippen LogP contribution >= 0.6 is 0 Å². The minimum atomic E-state index is -4.57. The summed E-state index contributed by atoms with van der Waals surface area (Å²) in [5.74, 6) is -2.81. The molecule has 9 heteroatoms. The molecule has 114 valence electrons. The molecule has 0 radical (unpaired) electrons. The van der Waals surface area contributed by atoms with Crippen molar-refractivity contribution < 1.29 is 27.2 Å². The van der Waals surface area contributed by atoms with Crippen molar-refractivity contribution in [2.45, 2.75) is 32.7 Å². The van der Waals surface area contributed by atoms with Gasteiger partial charge in [0.25, 0.3) is 0 Å². The Labute approximate surface area is 113 Å². The molecule has 0 bridgehead atoms. The summed E-state index contributed by atoms with van der Waals surface area (Å²) in [5, 5.41) is 3.62. The first-order chi connectivity index (χ1) is 9.16. The number of methoxy groups -OCH3 is 1. The maximum absolute atomic E-state index is 12.4. The van der Waals surface area contributed by atoms with E-state index in [-0.39, 0.29) is 18.3 Å². The summed E-state index contributed by atoms with van der Waals surface area (Å²) in [6.45, 7) is 2.31. The lowest BCUT2D eigenvalue weighted by Crippen LogP contribution is -2.38. The average molecular weight is 295 g/mol. The number of hydrogen-bond donors (Lipinski definition) is 0. The zero-order chi connectivity index (χ0) is 15.5. The third-order valence-electron chi connectivity index (χ3n) is 2.81. The van der Waals surface area contributed by atoms with Crippen molar-refractivity contribution in [1.29, 1.82) is 0 Å². The minimum absolute atomic E-state index is 0.0501. The molecule has 0 aliphatic carbocycles. The van der Waals surface area contributed by atoms with Crippen molar-refractivity contribution in [2.75, 3.05) is 14.2 Å². The van der Waals surface area contributed by atoms with Crippen LogP contribution in [-0.2, 0) is 16.1 Å². The van der Waals surface area contributed by atoms with Crippen LogP contribution in [0.15, 0.2) is 4.52 Å². The molecule has 2 unspecified atom stereocenters. The van der Waals surface area contributed by atoms with Crippen LogP contribution in [0.3, 0.4) is 0 Å². The third-order valence-corrected chi connectivity index (χ3v) is 2.81. The number of aromatic nitrogens is 2. The summed E-state index contributed by atoms with van der Waals surface area (Å²) in [5.41, 5.74) is 0. The molecule has 6 nitrogen and oxygen atoms in total. The van der Waals surface area contributed by atoms with E-state index in [0.717, 1.165) is 11.8 Å². The fraction of sp³-hybridized carbons (Fsp3) is 0.727. The Morgan fingerprint density at radius 2 is 2.05 bits per heavy atom. The molecular formula is C11H16F3N3O3. The normalized spacial score (nSPS) is 14.9. The van der Waals surface area contributed by atoms with E-state index >= 15 is 0 Å². The molecule has 1 amide bonds. The molecule has 0 saturated carbocycles. The van der Waals surface area contributed by atoms with E-state index in [1.807, 2.05) is 0 Å². The van der Waals surface area contributed by atoms with Gasteiger partial charge in [0.2, 0.25) is 11.8 Å². The Hall–Kier alpha value is -1.64. The van der Waals surface area contributed by atoms with Gasteiger partial charge < -0.3 is 14.2 Å². The molecule has 0 spiro atoms. The molecule has 20 heavy (non-hydrogen) atoms. The Balaban J connectivity index is 2.69. The molecule has 0 aliphatic rings. The van der Waals surface area contributed by atoms with Crippen LogP contribution < -0.4 is 0 Å². The van der Waals surface area contributed by atoms with E-state index in [2.05, 4.69) is 10.1 Å². The molecule has 0 fully saturated rings. The number of carbonyl (C=O) groups excluding carboxylic acids is 1. The molecule has 0 aliphatic heterocycles. The highest BCUT2D eigenvalue weighted by Crippen LogP contribution is 2.27. The smallest absolute Gasteiger partial charge is 0.374 e. The number of ether oxygens (including phenoxy) is 1. The molecule has 1 rings (SSSR count). The molecule has 1 aromatic heterocycles. The van der Waals surface area contributed by atoms with Gasteiger partial charge in [0, 0.05) is 14.2 Å². The van der Waals surface area contributed by atoms with Gasteiger partial charge in [0.15, 0.2) is 5.82 Å². The number of hydrogen-bond acceptors (Lipinski definition) is 5. The van der Waals surface area contributed by atoms with Crippen LogP contribution in [0.2, 0.25) is 0 Å². The molecule has 0 saturated heterocycles. The fourth-order valence-electron chi connectivity index (χ4n) is 1.35. The van der Waals surface area contributed by atoms with Gasteiger partial charge in [-0.15, -0.1) is 0 Å². The van der Waals surface area contributed by atoms with Gasteiger partial charge in [0.1, 0.15) is 12.0 Å². The number of nitrogens with zero attached hydrogens (tertiary/aromatic N) is 3. The topological polar surface area (TPSA) is 68.5 Å². The summed E-state index contributed by atoms with van der Waals surface area (Å²) < 4.78 is 47.1. The average Bonchev–Trinajstić information content (AvgIpc) is 2.83. The summed E-state index contributed by atoms with van der Waals surface area (Å²) in [7, 11) is 2.70. The summed E-state index contributed by atoms with van der Waals surface area (Å²) in [6, 6.07) is 0. The van der Waals surface area contributed by atoms with Crippen molar-refractivity contribution in [2.24, 2.45) is 5.92 Å². The summed E-state index contributed by atoms with van der Waals surface area (Å²) in [4.78, 5) is 16.4. The van der Waals surface area contributed by atoms with Gasteiger partial charge in [-0.1, -0.05) is 5.16 Å².